The summed E-state index contributed by atoms with van der Waals surface area (Å²) in [6.07, 6.45) is 1.55. The first kappa shape index (κ1) is 19.0. The lowest BCUT2D eigenvalue weighted by Gasteiger charge is -2.14. The number of aromatic nitrogens is 2. The molecule has 134 valence electrons. The van der Waals surface area contributed by atoms with Crippen LogP contribution in [0.15, 0.2) is 33.9 Å². The Labute approximate surface area is 150 Å². The number of rotatable bonds is 8. The number of hydrogen-bond acceptors (Lipinski definition) is 7. The van der Waals surface area contributed by atoms with Crippen LogP contribution in [-0.4, -0.2) is 34.7 Å². The molecule has 2 rings (SSSR count). The normalized spacial score (nSPS) is 11.8. The van der Waals surface area contributed by atoms with Gasteiger partial charge in [0.1, 0.15) is 10.8 Å². The Hall–Kier alpha value is -2.35. The largest absolute Gasteiger partial charge is 0.449 e. The quantitative estimate of drug-likeness (QED) is 0.569. The first-order chi connectivity index (χ1) is 12.0. The summed E-state index contributed by atoms with van der Waals surface area (Å²) in [5, 5.41) is 7.13. The van der Waals surface area contributed by atoms with Gasteiger partial charge in [0.05, 0.1) is 11.3 Å². The van der Waals surface area contributed by atoms with Gasteiger partial charge in [-0.2, -0.15) is 0 Å². The van der Waals surface area contributed by atoms with Crippen molar-refractivity contribution in [2.24, 2.45) is 0 Å². The first-order valence-electron chi connectivity index (χ1n) is 8.00. The molecule has 0 aliphatic carbocycles. The molecular formula is C17H21N3O4S. The van der Waals surface area contributed by atoms with E-state index in [1.54, 1.807) is 25.3 Å². The molecule has 0 saturated carbocycles. The van der Waals surface area contributed by atoms with Crippen molar-refractivity contribution in [2.75, 3.05) is 6.54 Å². The van der Waals surface area contributed by atoms with Crippen LogP contribution in [0.25, 0.3) is 0 Å². The monoisotopic (exact) mass is 363 g/mol. The molecule has 0 saturated heterocycles. The number of pyridine rings is 1. The highest BCUT2D eigenvalue weighted by atomic mass is 32.2. The van der Waals surface area contributed by atoms with Gasteiger partial charge in [-0.05, 0) is 32.4 Å². The third kappa shape index (κ3) is 5.60. The van der Waals surface area contributed by atoms with Crippen molar-refractivity contribution in [3.63, 3.8) is 0 Å². The topological polar surface area (TPSA) is 94.3 Å². The highest BCUT2D eigenvalue weighted by Gasteiger charge is 2.21. The third-order valence-corrected chi connectivity index (χ3v) is 4.27. The van der Waals surface area contributed by atoms with Crippen LogP contribution in [0.1, 0.15) is 42.1 Å². The zero-order valence-corrected chi connectivity index (χ0v) is 15.3. The van der Waals surface area contributed by atoms with Crippen LogP contribution in [0.3, 0.4) is 0 Å². The number of ether oxygens (including phenoxy) is 1. The maximum atomic E-state index is 12.4. The maximum absolute atomic E-state index is 12.4. The molecule has 25 heavy (non-hydrogen) atoms. The van der Waals surface area contributed by atoms with Crippen molar-refractivity contribution < 1.29 is 18.8 Å². The van der Waals surface area contributed by atoms with Crippen LogP contribution in [-0.2, 0) is 15.3 Å². The summed E-state index contributed by atoms with van der Waals surface area (Å²) < 4.78 is 10.3. The van der Waals surface area contributed by atoms with Gasteiger partial charge < -0.3 is 14.6 Å². The lowest BCUT2D eigenvalue weighted by molar-refractivity contribution is -0.129. The van der Waals surface area contributed by atoms with E-state index >= 15 is 0 Å². The molecule has 0 unspecified atom stereocenters. The van der Waals surface area contributed by atoms with Gasteiger partial charge in [0.2, 0.25) is 0 Å². The SMILES string of the molecule is CCCNC(=O)[C@@H](C)OC(=O)c1cccnc1SCc1cc(C)on1. The molecule has 0 spiro atoms. The molecule has 1 amide bonds. The molecule has 8 heteroatoms. The summed E-state index contributed by atoms with van der Waals surface area (Å²) in [5.41, 5.74) is 1.09. The van der Waals surface area contributed by atoms with Crippen molar-refractivity contribution in [3.05, 3.63) is 41.4 Å². The van der Waals surface area contributed by atoms with Gasteiger partial charge >= 0.3 is 5.97 Å². The standard InChI is InChI=1S/C17H21N3O4S/c1-4-7-18-15(21)12(3)23-17(22)14-6-5-8-19-16(14)25-10-13-9-11(2)24-20-13/h5-6,8-9,12H,4,7,10H2,1-3H3,(H,18,21)/t12-/m1/s1. The summed E-state index contributed by atoms with van der Waals surface area (Å²) in [7, 11) is 0. The van der Waals surface area contributed by atoms with Gasteiger partial charge in [0, 0.05) is 24.6 Å². The molecule has 0 radical (unpaired) electrons. The second-order valence-corrected chi connectivity index (χ2v) is 6.38. The van der Waals surface area contributed by atoms with Crippen molar-refractivity contribution >= 4 is 23.6 Å². The molecule has 1 atom stereocenters. The number of hydrogen-bond donors (Lipinski definition) is 1. The maximum Gasteiger partial charge on any atom is 0.341 e. The third-order valence-electron chi connectivity index (χ3n) is 3.23. The van der Waals surface area contributed by atoms with Gasteiger partial charge in [-0.1, -0.05) is 23.8 Å². The Balaban J connectivity index is 2.00. The number of thioether (sulfide) groups is 1. The predicted octanol–water partition coefficient (Wildman–Crippen LogP) is 2.74. The molecule has 2 aromatic rings. The minimum Gasteiger partial charge on any atom is -0.449 e. The molecule has 0 aromatic carbocycles. The van der Waals surface area contributed by atoms with E-state index in [1.807, 2.05) is 19.9 Å². The summed E-state index contributed by atoms with van der Waals surface area (Å²) in [5.74, 6) is 0.349. The fraction of sp³-hybridized carbons (Fsp3) is 0.412. The average Bonchev–Trinajstić information content (AvgIpc) is 3.03. The number of nitrogens with zero attached hydrogens (tertiary/aromatic N) is 2. The second-order valence-electron chi connectivity index (χ2n) is 5.41. The van der Waals surface area contributed by atoms with E-state index in [9.17, 15) is 9.59 Å². The first-order valence-corrected chi connectivity index (χ1v) is 8.98. The fourth-order valence-corrected chi connectivity index (χ4v) is 2.82. The molecule has 0 aliphatic rings. The zero-order chi connectivity index (χ0) is 18.2. The molecule has 2 heterocycles. The van der Waals surface area contributed by atoms with Crippen LogP contribution in [0.4, 0.5) is 0 Å². The van der Waals surface area contributed by atoms with Crippen LogP contribution in [0.5, 0.6) is 0 Å². The highest BCUT2D eigenvalue weighted by molar-refractivity contribution is 7.98. The van der Waals surface area contributed by atoms with Crippen LogP contribution in [0, 0.1) is 6.92 Å². The van der Waals surface area contributed by atoms with Gasteiger partial charge in [-0.3, -0.25) is 4.79 Å². The Morgan fingerprint density at radius 2 is 2.24 bits per heavy atom. The van der Waals surface area contributed by atoms with Gasteiger partial charge in [0.15, 0.2) is 6.10 Å². The van der Waals surface area contributed by atoms with E-state index < -0.39 is 12.1 Å². The Bertz CT molecular complexity index is 732. The van der Waals surface area contributed by atoms with E-state index in [-0.39, 0.29) is 5.91 Å². The number of amides is 1. The Kier molecular flexibility index (Phi) is 7.00. The van der Waals surface area contributed by atoms with Gasteiger partial charge in [-0.25, -0.2) is 9.78 Å². The number of esters is 1. The minimum atomic E-state index is -0.865. The summed E-state index contributed by atoms with van der Waals surface area (Å²) in [4.78, 5) is 28.4. The molecule has 0 fully saturated rings. The van der Waals surface area contributed by atoms with E-state index in [0.717, 1.165) is 17.9 Å². The number of aryl methyl sites for hydroxylation is 1. The number of carbonyl (C=O) groups excluding carboxylic acids is 2. The van der Waals surface area contributed by atoms with Crippen molar-refractivity contribution in [1.82, 2.24) is 15.5 Å². The molecule has 7 nitrogen and oxygen atoms in total. The number of nitrogens with one attached hydrogen (secondary N) is 1. The lowest BCUT2D eigenvalue weighted by Crippen LogP contribution is -2.36. The summed E-state index contributed by atoms with van der Waals surface area (Å²) in [6.45, 7) is 5.86. The smallest absolute Gasteiger partial charge is 0.341 e. The van der Waals surface area contributed by atoms with Gasteiger partial charge in [0.25, 0.3) is 5.91 Å². The average molecular weight is 363 g/mol. The fourth-order valence-electron chi connectivity index (χ4n) is 1.96. The highest BCUT2D eigenvalue weighted by Crippen LogP contribution is 2.24. The number of carbonyl (C=O) groups is 2. The molecule has 1 N–H and O–H groups in total. The summed E-state index contributed by atoms with van der Waals surface area (Å²) in [6, 6.07) is 5.11. The van der Waals surface area contributed by atoms with Crippen molar-refractivity contribution in [1.29, 1.82) is 0 Å². The van der Waals surface area contributed by atoms with Crippen molar-refractivity contribution in [3.8, 4) is 0 Å². The molecule has 0 bridgehead atoms. The van der Waals surface area contributed by atoms with Crippen LogP contribution >= 0.6 is 11.8 Å². The Morgan fingerprint density at radius 3 is 2.92 bits per heavy atom. The van der Waals surface area contributed by atoms with Crippen LogP contribution < -0.4 is 5.32 Å². The molecule has 0 aliphatic heterocycles. The zero-order valence-electron chi connectivity index (χ0n) is 14.4. The van der Waals surface area contributed by atoms with Gasteiger partial charge in [-0.15, -0.1) is 0 Å². The minimum absolute atomic E-state index is 0.314. The second kappa shape index (κ2) is 9.22. The van der Waals surface area contributed by atoms with E-state index in [1.165, 1.54) is 11.8 Å². The summed E-state index contributed by atoms with van der Waals surface area (Å²) >= 11 is 1.36. The van der Waals surface area contributed by atoms with E-state index in [4.69, 9.17) is 9.26 Å². The van der Waals surface area contributed by atoms with Crippen LogP contribution in [0.2, 0.25) is 0 Å². The van der Waals surface area contributed by atoms with E-state index in [2.05, 4.69) is 15.5 Å². The van der Waals surface area contributed by atoms with Crippen molar-refractivity contribution in [2.45, 2.75) is 44.1 Å². The lowest BCUT2D eigenvalue weighted by atomic mass is 10.3. The molecular weight excluding hydrogens is 342 g/mol. The Morgan fingerprint density at radius 1 is 1.44 bits per heavy atom. The van der Waals surface area contributed by atoms with E-state index in [0.29, 0.717) is 22.9 Å². The molecule has 2 aromatic heterocycles. The predicted molar refractivity (Wildman–Crippen MR) is 93.2 cm³/mol.